The van der Waals surface area contributed by atoms with Crippen molar-refractivity contribution in [2.24, 2.45) is 0 Å². The minimum absolute atomic E-state index is 0.198. The first kappa shape index (κ1) is 12.0. The fraction of sp³-hybridized carbons (Fsp3) is 0.154. The minimum atomic E-state index is -0.727. The van der Waals surface area contributed by atoms with Crippen molar-refractivity contribution in [1.29, 1.82) is 0 Å². The van der Waals surface area contributed by atoms with Crippen LogP contribution in [0.3, 0.4) is 0 Å². The molecule has 2 rings (SSSR count). The first-order valence-electron chi connectivity index (χ1n) is 5.21. The monoisotopic (exact) mass is 295 g/mol. The Morgan fingerprint density at radius 2 is 2.06 bits per heavy atom. The molecule has 0 fully saturated rings. The van der Waals surface area contributed by atoms with Crippen LogP contribution in [0, 0.1) is 5.82 Å². The zero-order valence-corrected chi connectivity index (χ0v) is 10.8. The molecule has 4 heteroatoms. The maximum absolute atomic E-state index is 13.2. The molecule has 1 aromatic heterocycles. The average molecular weight is 296 g/mol. The summed E-state index contributed by atoms with van der Waals surface area (Å²) < 4.78 is 15.5. The Morgan fingerprint density at radius 1 is 1.29 bits per heavy atom. The molecule has 0 saturated carbocycles. The summed E-state index contributed by atoms with van der Waals surface area (Å²) in [6.45, 7) is 1.86. The number of nitrogens with zero attached hydrogens (tertiary/aromatic N) is 1. The molecule has 0 unspecified atom stereocenters. The average Bonchev–Trinajstić information content (AvgIpc) is 2.32. The molecule has 0 aliphatic rings. The third kappa shape index (κ3) is 2.47. The highest BCUT2D eigenvalue weighted by molar-refractivity contribution is 9.10. The molecule has 2 aromatic rings. The lowest BCUT2D eigenvalue weighted by atomic mass is 10.1. The summed E-state index contributed by atoms with van der Waals surface area (Å²) in [4.78, 5) is 11.6. The lowest BCUT2D eigenvalue weighted by Crippen LogP contribution is -2.25. The molecule has 1 atom stereocenters. The summed E-state index contributed by atoms with van der Waals surface area (Å²) in [7, 11) is 0. The molecule has 0 radical (unpaired) electrons. The molecule has 1 aromatic carbocycles. The lowest BCUT2D eigenvalue weighted by Gasteiger charge is -2.15. The molecule has 0 bridgehead atoms. The van der Waals surface area contributed by atoms with E-state index in [1.807, 2.05) is 31.2 Å². The van der Waals surface area contributed by atoms with E-state index in [2.05, 4.69) is 15.9 Å². The highest BCUT2D eigenvalue weighted by atomic mass is 79.9. The van der Waals surface area contributed by atoms with Crippen molar-refractivity contribution in [3.8, 4) is 0 Å². The van der Waals surface area contributed by atoms with Gasteiger partial charge in [0.15, 0.2) is 5.82 Å². The van der Waals surface area contributed by atoms with E-state index in [1.54, 1.807) is 6.20 Å². The van der Waals surface area contributed by atoms with Crippen LogP contribution in [0.15, 0.2) is 51.9 Å². The third-order valence-corrected chi connectivity index (χ3v) is 3.17. The second-order valence-electron chi connectivity index (χ2n) is 3.80. The quantitative estimate of drug-likeness (QED) is 0.833. The van der Waals surface area contributed by atoms with Crippen LogP contribution in [-0.2, 0) is 0 Å². The standard InChI is InChI=1S/C13H11BrFNO/c1-9(10-4-2-5-11(14)8-10)16-7-3-6-12(15)13(16)17/h2-9H,1H3/t9-/m1/s1. The van der Waals surface area contributed by atoms with Crippen LogP contribution in [0.5, 0.6) is 0 Å². The number of benzene rings is 1. The van der Waals surface area contributed by atoms with Crippen LogP contribution in [-0.4, -0.2) is 4.57 Å². The van der Waals surface area contributed by atoms with Gasteiger partial charge in [-0.15, -0.1) is 0 Å². The predicted molar refractivity (Wildman–Crippen MR) is 68.6 cm³/mol. The maximum atomic E-state index is 13.2. The molecule has 0 amide bonds. The molecule has 0 spiro atoms. The molecule has 0 N–H and O–H groups in total. The Labute approximate surface area is 107 Å². The Balaban J connectivity index is 2.47. The van der Waals surface area contributed by atoms with E-state index in [-0.39, 0.29) is 6.04 Å². The van der Waals surface area contributed by atoms with Crippen LogP contribution >= 0.6 is 15.9 Å². The number of hydrogen-bond acceptors (Lipinski definition) is 1. The summed E-state index contributed by atoms with van der Waals surface area (Å²) in [6.07, 6.45) is 1.59. The number of aromatic nitrogens is 1. The van der Waals surface area contributed by atoms with Gasteiger partial charge in [-0.05, 0) is 36.8 Å². The normalized spacial score (nSPS) is 12.4. The molecule has 1 heterocycles. The van der Waals surface area contributed by atoms with Crippen molar-refractivity contribution in [3.05, 3.63) is 68.8 Å². The van der Waals surface area contributed by atoms with E-state index in [0.29, 0.717) is 0 Å². The van der Waals surface area contributed by atoms with Crippen molar-refractivity contribution in [2.75, 3.05) is 0 Å². The highest BCUT2D eigenvalue weighted by Crippen LogP contribution is 2.20. The fourth-order valence-electron chi connectivity index (χ4n) is 1.71. The zero-order valence-electron chi connectivity index (χ0n) is 9.23. The Bertz CT molecular complexity index is 594. The topological polar surface area (TPSA) is 22.0 Å². The van der Waals surface area contributed by atoms with Crippen molar-refractivity contribution < 1.29 is 4.39 Å². The van der Waals surface area contributed by atoms with Crippen LogP contribution in [0.4, 0.5) is 4.39 Å². The van der Waals surface area contributed by atoms with Crippen molar-refractivity contribution in [2.45, 2.75) is 13.0 Å². The van der Waals surface area contributed by atoms with Gasteiger partial charge >= 0.3 is 0 Å². The van der Waals surface area contributed by atoms with Gasteiger partial charge < -0.3 is 4.57 Å². The minimum Gasteiger partial charge on any atom is -0.306 e. The fourth-order valence-corrected chi connectivity index (χ4v) is 2.13. The van der Waals surface area contributed by atoms with Crippen molar-refractivity contribution in [1.82, 2.24) is 4.57 Å². The second kappa shape index (κ2) is 4.84. The summed E-state index contributed by atoms with van der Waals surface area (Å²) in [5, 5.41) is 0. The second-order valence-corrected chi connectivity index (χ2v) is 4.72. The lowest BCUT2D eigenvalue weighted by molar-refractivity contribution is 0.544. The third-order valence-electron chi connectivity index (χ3n) is 2.68. The maximum Gasteiger partial charge on any atom is 0.287 e. The molecule has 0 aliphatic carbocycles. The van der Waals surface area contributed by atoms with Crippen LogP contribution in [0.1, 0.15) is 18.5 Å². The van der Waals surface area contributed by atoms with E-state index in [0.717, 1.165) is 10.0 Å². The van der Waals surface area contributed by atoms with E-state index in [4.69, 9.17) is 0 Å². The van der Waals surface area contributed by atoms with Gasteiger partial charge in [0.2, 0.25) is 0 Å². The largest absolute Gasteiger partial charge is 0.306 e. The Morgan fingerprint density at radius 3 is 2.76 bits per heavy atom. The Hall–Kier alpha value is -1.42. The van der Waals surface area contributed by atoms with Crippen molar-refractivity contribution >= 4 is 15.9 Å². The molecular weight excluding hydrogens is 285 g/mol. The molecule has 0 aliphatic heterocycles. The van der Waals surface area contributed by atoms with Gasteiger partial charge in [0.1, 0.15) is 0 Å². The summed E-state index contributed by atoms with van der Waals surface area (Å²) in [5.41, 5.74) is 0.354. The molecule has 2 nitrogen and oxygen atoms in total. The van der Waals surface area contributed by atoms with Gasteiger partial charge in [0, 0.05) is 10.7 Å². The van der Waals surface area contributed by atoms with E-state index >= 15 is 0 Å². The Kier molecular flexibility index (Phi) is 3.43. The number of pyridine rings is 1. The number of hydrogen-bond donors (Lipinski definition) is 0. The number of halogens is 2. The predicted octanol–water partition coefficient (Wildman–Crippen LogP) is 3.36. The first-order chi connectivity index (χ1) is 8.09. The van der Waals surface area contributed by atoms with Gasteiger partial charge in [0.05, 0.1) is 6.04 Å². The van der Waals surface area contributed by atoms with Gasteiger partial charge in [-0.3, -0.25) is 4.79 Å². The zero-order chi connectivity index (χ0) is 12.4. The van der Waals surface area contributed by atoms with Gasteiger partial charge in [-0.25, -0.2) is 4.39 Å². The van der Waals surface area contributed by atoms with Gasteiger partial charge in [0.25, 0.3) is 5.56 Å². The van der Waals surface area contributed by atoms with E-state index in [9.17, 15) is 9.18 Å². The SMILES string of the molecule is C[C@H](c1cccc(Br)c1)n1cccc(F)c1=O. The van der Waals surface area contributed by atoms with Gasteiger partial charge in [-0.1, -0.05) is 28.1 Å². The van der Waals surface area contributed by atoms with Crippen molar-refractivity contribution in [3.63, 3.8) is 0 Å². The first-order valence-corrected chi connectivity index (χ1v) is 6.01. The summed E-state index contributed by atoms with van der Waals surface area (Å²) in [6, 6.07) is 10.1. The molecule has 88 valence electrons. The summed E-state index contributed by atoms with van der Waals surface area (Å²) in [5.74, 6) is -0.727. The smallest absolute Gasteiger partial charge is 0.287 e. The van der Waals surface area contributed by atoms with Crippen LogP contribution in [0.2, 0.25) is 0 Å². The van der Waals surface area contributed by atoms with E-state index < -0.39 is 11.4 Å². The summed E-state index contributed by atoms with van der Waals surface area (Å²) >= 11 is 3.37. The highest BCUT2D eigenvalue weighted by Gasteiger charge is 2.11. The number of rotatable bonds is 2. The van der Waals surface area contributed by atoms with Crippen LogP contribution in [0.25, 0.3) is 0 Å². The molecular formula is C13H11BrFNO. The van der Waals surface area contributed by atoms with Crippen LogP contribution < -0.4 is 5.56 Å². The molecule has 17 heavy (non-hydrogen) atoms. The van der Waals surface area contributed by atoms with Gasteiger partial charge in [-0.2, -0.15) is 0 Å². The van der Waals surface area contributed by atoms with E-state index in [1.165, 1.54) is 16.7 Å². The molecule has 0 saturated heterocycles.